The molecule has 0 bridgehead atoms. The van der Waals surface area contributed by atoms with Gasteiger partial charge in [-0.3, -0.25) is 4.90 Å². The van der Waals surface area contributed by atoms with E-state index in [1.807, 2.05) is 0 Å². The summed E-state index contributed by atoms with van der Waals surface area (Å²) in [6, 6.07) is 11.4. The quantitative estimate of drug-likeness (QED) is 0.789. The Kier molecular flexibility index (Phi) is 5.17. The van der Waals surface area contributed by atoms with Crippen molar-refractivity contribution in [3.63, 3.8) is 0 Å². The molecule has 2 heteroatoms. The highest BCUT2D eigenvalue weighted by molar-refractivity contribution is 5.21. The molecule has 1 aliphatic rings. The highest BCUT2D eigenvalue weighted by Gasteiger charge is 2.23. The first-order valence-electron chi connectivity index (χ1n) is 7.32. The lowest BCUT2D eigenvalue weighted by atomic mass is 9.99. The standard InChI is InChI=1S/C17H26N2/c1-14(2)18-11-15(3)12-19-10-9-17(13-19)16-7-5-4-6-8-16/h4-8,14,17-18H,3,9-13H2,1-2H3. The Labute approximate surface area is 117 Å². The summed E-state index contributed by atoms with van der Waals surface area (Å²) in [5, 5.41) is 3.44. The van der Waals surface area contributed by atoms with Gasteiger partial charge < -0.3 is 5.32 Å². The topological polar surface area (TPSA) is 15.3 Å². The molecule has 1 atom stereocenters. The normalized spacial score (nSPS) is 20.1. The molecule has 104 valence electrons. The molecule has 0 spiro atoms. The molecule has 1 saturated heterocycles. The lowest BCUT2D eigenvalue weighted by Crippen LogP contribution is -2.30. The summed E-state index contributed by atoms with van der Waals surface area (Å²) in [7, 11) is 0. The van der Waals surface area contributed by atoms with E-state index in [2.05, 4.69) is 61.0 Å². The van der Waals surface area contributed by atoms with Crippen molar-refractivity contribution in [2.24, 2.45) is 0 Å². The molecule has 0 amide bonds. The summed E-state index contributed by atoms with van der Waals surface area (Å²) >= 11 is 0. The van der Waals surface area contributed by atoms with Crippen LogP contribution in [-0.4, -0.2) is 37.1 Å². The van der Waals surface area contributed by atoms with Gasteiger partial charge in [-0.15, -0.1) is 0 Å². The molecule has 1 aliphatic heterocycles. The Morgan fingerprint density at radius 2 is 2.11 bits per heavy atom. The van der Waals surface area contributed by atoms with Crippen LogP contribution in [0.25, 0.3) is 0 Å². The number of hydrogen-bond acceptors (Lipinski definition) is 2. The average molecular weight is 258 g/mol. The zero-order chi connectivity index (χ0) is 13.7. The van der Waals surface area contributed by atoms with Gasteiger partial charge in [-0.2, -0.15) is 0 Å². The number of benzene rings is 1. The van der Waals surface area contributed by atoms with Crippen LogP contribution < -0.4 is 5.32 Å². The fourth-order valence-electron chi connectivity index (χ4n) is 2.69. The summed E-state index contributed by atoms with van der Waals surface area (Å²) in [5.41, 5.74) is 2.78. The van der Waals surface area contributed by atoms with Crippen LogP contribution in [0.3, 0.4) is 0 Å². The number of likely N-dealkylation sites (tertiary alicyclic amines) is 1. The molecule has 0 aromatic heterocycles. The monoisotopic (exact) mass is 258 g/mol. The number of hydrogen-bond donors (Lipinski definition) is 1. The Morgan fingerprint density at radius 3 is 2.79 bits per heavy atom. The molecule has 1 fully saturated rings. The predicted octanol–water partition coefficient (Wildman–Crippen LogP) is 3.03. The van der Waals surface area contributed by atoms with Crippen molar-refractivity contribution >= 4 is 0 Å². The first-order chi connectivity index (χ1) is 9.15. The fourth-order valence-corrected chi connectivity index (χ4v) is 2.69. The summed E-state index contributed by atoms with van der Waals surface area (Å²) in [6.07, 6.45) is 1.27. The summed E-state index contributed by atoms with van der Waals surface area (Å²) in [4.78, 5) is 2.53. The highest BCUT2D eigenvalue weighted by atomic mass is 15.1. The second kappa shape index (κ2) is 6.88. The van der Waals surface area contributed by atoms with E-state index in [1.54, 1.807) is 0 Å². The third-order valence-electron chi connectivity index (χ3n) is 3.75. The minimum atomic E-state index is 0.535. The Balaban J connectivity index is 1.78. The molecular weight excluding hydrogens is 232 g/mol. The average Bonchev–Trinajstić information content (AvgIpc) is 2.86. The minimum Gasteiger partial charge on any atom is -0.311 e. The van der Waals surface area contributed by atoms with E-state index < -0.39 is 0 Å². The second-order valence-electron chi connectivity index (χ2n) is 5.92. The Morgan fingerprint density at radius 1 is 1.37 bits per heavy atom. The van der Waals surface area contributed by atoms with Crippen LogP contribution in [0, 0.1) is 0 Å². The minimum absolute atomic E-state index is 0.535. The molecule has 2 nitrogen and oxygen atoms in total. The van der Waals surface area contributed by atoms with E-state index >= 15 is 0 Å². The van der Waals surface area contributed by atoms with E-state index in [1.165, 1.54) is 30.6 Å². The van der Waals surface area contributed by atoms with Gasteiger partial charge in [-0.1, -0.05) is 50.8 Å². The van der Waals surface area contributed by atoms with Crippen molar-refractivity contribution < 1.29 is 0 Å². The molecule has 1 N–H and O–H groups in total. The first-order valence-corrected chi connectivity index (χ1v) is 7.32. The maximum Gasteiger partial charge on any atom is 0.0203 e. The fraction of sp³-hybridized carbons (Fsp3) is 0.529. The van der Waals surface area contributed by atoms with Crippen LogP contribution in [0.4, 0.5) is 0 Å². The maximum absolute atomic E-state index is 4.18. The molecule has 0 saturated carbocycles. The van der Waals surface area contributed by atoms with Crippen LogP contribution in [0.15, 0.2) is 42.5 Å². The van der Waals surface area contributed by atoms with Crippen LogP contribution in [0.5, 0.6) is 0 Å². The van der Waals surface area contributed by atoms with E-state index in [9.17, 15) is 0 Å². The third-order valence-corrected chi connectivity index (χ3v) is 3.75. The molecule has 1 heterocycles. The number of rotatable bonds is 6. The largest absolute Gasteiger partial charge is 0.311 e. The molecule has 19 heavy (non-hydrogen) atoms. The highest BCUT2D eigenvalue weighted by Crippen LogP contribution is 2.27. The van der Waals surface area contributed by atoms with Gasteiger partial charge in [0.05, 0.1) is 0 Å². The second-order valence-corrected chi connectivity index (χ2v) is 5.92. The van der Waals surface area contributed by atoms with Gasteiger partial charge in [0, 0.05) is 25.7 Å². The van der Waals surface area contributed by atoms with E-state index in [-0.39, 0.29) is 0 Å². The van der Waals surface area contributed by atoms with E-state index in [4.69, 9.17) is 0 Å². The van der Waals surface area contributed by atoms with Crippen molar-refractivity contribution in [1.29, 1.82) is 0 Å². The first kappa shape index (κ1) is 14.3. The van der Waals surface area contributed by atoms with Gasteiger partial charge in [0.2, 0.25) is 0 Å². The molecule has 1 aromatic carbocycles. The molecule has 1 unspecified atom stereocenters. The Hall–Kier alpha value is -1.12. The molecule has 2 rings (SSSR count). The van der Waals surface area contributed by atoms with E-state index in [0.29, 0.717) is 12.0 Å². The SMILES string of the molecule is C=C(CNC(C)C)CN1CCC(c2ccccc2)C1. The zero-order valence-electron chi connectivity index (χ0n) is 12.2. The van der Waals surface area contributed by atoms with Gasteiger partial charge in [-0.25, -0.2) is 0 Å². The smallest absolute Gasteiger partial charge is 0.0203 e. The predicted molar refractivity (Wildman–Crippen MR) is 82.5 cm³/mol. The van der Waals surface area contributed by atoms with Crippen LogP contribution >= 0.6 is 0 Å². The van der Waals surface area contributed by atoms with Gasteiger partial charge in [0.1, 0.15) is 0 Å². The van der Waals surface area contributed by atoms with E-state index in [0.717, 1.165) is 13.1 Å². The molecule has 0 aliphatic carbocycles. The lowest BCUT2D eigenvalue weighted by Gasteiger charge is -2.19. The Bertz CT molecular complexity index is 397. The summed E-state index contributed by atoms with van der Waals surface area (Å²) in [6.45, 7) is 12.9. The van der Waals surface area contributed by atoms with Crippen molar-refractivity contribution in [2.75, 3.05) is 26.2 Å². The maximum atomic E-state index is 4.18. The van der Waals surface area contributed by atoms with Crippen molar-refractivity contribution in [3.8, 4) is 0 Å². The number of nitrogens with zero attached hydrogens (tertiary/aromatic N) is 1. The zero-order valence-corrected chi connectivity index (χ0v) is 12.2. The van der Waals surface area contributed by atoms with Gasteiger partial charge in [-0.05, 0) is 30.0 Å². The van der Waals surface area contributed by atoms with Gasteiger partial charge >= 0.3 is 0 Å². The summed E-state index contributed by atoms with van der Waals surface area (Å²) in [5.74, 6) is 0.701. The van der Waals surface area contributed by atoms with Crippen LogP contribution in [0.1, 0.15) is 31.7 Å². The van der Waals surface area contributed by atoms with Crippen LogP contribution in [-0.2, 0) is 0 Å². The van der Waals surface area contributed by atoms with Gasteiger partial charge in [0.15, 0.2) is 0 Å². The third kappa shape index (κ3) is 4.48. The van der Waals surface area contributed by atoms with Crippen molar-refractivity contribution in [2.45, 2.75) is 32.2 Å². The van der Waals surface area contributed by atoms with Crippen LogP contribution in [0.2, 0.25) is 0 Å². The molecule has 0 radical (unpaired) electrons. The molecular formula is C17H26N2. The molecule has 1 aromatic rings. The lowest BCUT2D eigenvalue weighted by molar-refractivity contribution is 0.359. The van der Waals surface area contributed by atoms with Crippen molar-refractivity contribution in [3.05, 3.63) is 48.0 Å². The van der Waals surface area contributed by atoms with Gasteiger partial charge in [0.25, 0.3) is 0 Å². The van der Waals surface area contributed by atoms with Crippen molar-refractivity contribution in [1.82, 2.24) is 10.2 Å². The summed E-state index contributed by atoms with van der Waals surface area (Å²) < 4.78 is 0. The number of nitrogens with one attached hydrogen (secondary N) is 1.